The fourth-order valence-electron chi connectivity index (χ4n) is 3.13. The van der Waals surface area contributed by atoms with Crippen molar-refractivity contribution < 1.29 is 24.3 Å². The molecule has 3 amide bonds. The molecule has 9 nitrogen and oxygen atoms in total. The molecule has 0 saturated carbocycles. The monoisotopic (exact) mass is 392 g/mol. The number of carbonyl (C=O) groups excluding carboxylic acids is 3. The largest absolute Gasteiger partial charge is 0.444 e. The number of hydrogen-bond donors (Lipinski definition) is 4. The maximum Gasteiger partial charge on any atom is 0.408 e. The minimum atomic E-state index is -0.948. The van der Waals surface area contributed by atoms with Crippen molar-refractivity contribution in [3.63, 3.8) is 0 Å². The third-order valence-electron chi connectivity index (χ3n) is 4.30. The number of nitrogens with two attached hydrogens (primary N) is 1. The van der Waals surface area contributed by atoms with Crippen LogP contribution in [0.3, 0.4) is 0 Å². The van der Waals surface area contributed by atoms with Crippen LogP contribution in [-0.4, -0.2) is 58.3 Å². The van der Waals surface area contributed by atoms with Gasteiger partial charge in [-0.05, 0) is 32.8 Å². The van der Waals surface area contributed by atoms with Crippen molar-refractivity contribution in [3.05, 3.63) is 35.9 Å². The Balaban J connectivity index is 2.22. The molecule has 28 heavy (non-hydrogen) atoms. The third-order valence-corrected chi connectivity index (χ3v) is 4.30. The molecule has 9 heteroatoms. The zero-order chi connectivity index (χ0) is 20.9. The van der Waals surface area contributed by atoms with Gasteiger partial charge < -0.3 is 20.7 Å². The zero-order valence-electron chi connectivity index (χ0n) is 16.3. The minimum absolute atomic E-state index is 0.151. The van der Waals surface area contributed by atoms with E-state index in [0.717, 1.165) is 5.56 Å². The van der Waals surface area contributed by atoms with Crippen LogP contribution in [0.2, 0.25) is 0 Å². The van der Waals surface area contributed by atoms with Gasteiger partial charge in [-0.2, -0.15) is 0 Å². The van der Waals surface area contributed by atoms with E-state index in [1.165, 1.54) is 4.90 Å². The number of alkyl carbamates (subject to hydrolysis) is 1. The molecule has 2 rings (SSSR count). The van der Waals surface area contributed by atoms with E-state index in [-0.39, 0.29) is 19.4 Å². The van der Waals surface area contributed by atoms with Gasteiger partial charge in [0.05, 0.1) is 0 Å². The minimum Gasteiger partial charge on any atom is -0.444 e. The topological polar surface area (TPSA) is 134 Å². The Hall–Kier alpha value is -2.65. The molecule has 1 aliphatic heterocycles. The SMILES string of the molecule is CC(C)(C)OC(=O)N[C@@H](Cc1ccccc1)C(=O)N1C[C@@H](N)C[C@H]1C(=O)NO. The van der Waals surface area contributed by atoms with Gasteiger partial charge in [-0.1, -0.05) is 30.3 Å². The summed E-state index contributed by atoms with van der Waals surface area (Å²) in [4.78, 5) is 38.7. The first kappa shape index (κ1) is 21.6. The number of likely N-dealkylation sites (tertiary alicyclic amines) is 1. The highest BCUT2D eigenvalue weighted by Crippen LogP contribution is 2.19. The van der Waals surface area contributed by atoms with Crippen molar-refractivity contribution in [1.82, 2.24) is 15.7 Å². The highest BCUT2D eigenvalue weighted by Gasteiger charge is 2.41. The van der Waals surface area contributed by atoms with E-state index < -0.39 is 41.6 Å². The van der Waals surface area contributed by atoms with Crippen LogP contribution in [-0.2, 0) is 20.7 Å². The van der Waals surface area contributed by atoms with Crippen LogP contribution in [0, 0.1) is 0 Å². The molecule has 1 aliphatic rings. The van der Waals surface area contributed by atoms with E-state index in [1.54, 1.807) is 26.3 Å². The molecule has 0 radical (unpaired) electrons. The summed E-state index contributed by atoms with van der Waals surface area (Å²) in [7, 11) is 0. The lowest BCUT2D eigenvalue weighted by molar-refractivity contribution is -0.143. The first-order valence-electron chi connectivity index (χ1n) is 9.14. The Bertz CT molecular complexity index is 704. The van der Waals surface area contributed by atoms with Crippen molar-refractivity contribution in [2.24, 2.45) is 5.73 Å². The van der Waals surface area contributed by atoms with Crippen molar-refractivity contribution in [1.29, 1.82) is 0 Å². The second kappa shape index (κ2) is 9.03. The summed E-state index contributed by atoms with van der Waals surface area (Å²) in [5, 5.41) is 11.6. The predicted molar refractivity (Wildman–Crippen MR) is 101 cm³/mol. The highest BCUT2D eigenvalue weighted by molar-refractivity contribution is 5.91. The Morgan fingerprint density at radius 3 is 2.50 bits per heavy atom. The van der Waals surface area contributed by atoms with Crippen LogP contribution >= 0.6 is 0 Å². The van der Waals surface area contributed by atoms with Gasteiger partial charge in [0.1, 0.15) is 17.7 Å². The number of carbonyl (C=O) groups is 3. The van der Waals surface area contributed by atoms with E-state index in [2.05, 4.69) is 5.32 Å². The van der Waals surface area contributed by atoms with Gasteiger partial charge in [0.2, 0.25) is 5.91 Å². The molecule has 3 atom stereocenters. The fourth-order valence-corrected chi connectivity index (χ4v) is 3.13. The molecule has 0 spiro atoms. The maximum absolute atomic E-state index is 13.2. The Labute approximate surface area is 164 Å². The van der Waals surface area contributed by atoms with Crippen LogP contribution in [0.4, 0.5) is 4.79 Å². The molecule has 1 saturated heterocycles. The Morgan fingerprint density at radius 2 is 1.93 bits per heavy atom. The third kappa shape index (κ3) is 5.93. The fraction of sp³-hybridized carbons (Fsp3) is 0.526. The molecule has 1 fully saturated rings. The van der Waals surface area contributed by atoms with E-state index in [0.29, 0.717) is 0 Å². The second-order valence-corrected chi connectivity index (χ2v) is 7.87. The van der Waals surface area contributed by atoms with Crippen LogP contribution in [0.1, 0.15) is 32.8 Å². The molecule has 0 unspecified atom stereocenters. The lowest BCUT2D eigenvalue weighted by Crippen LogP contribution is -2.54. The average Bonchev–Trinajstić information content (AvgIpc) is 3.01. The molecular weight excluding hydrogens is 364 g/mol. The molecular formula is C19H28N4O5. The van der Waals surface area contributed by atoms with Crippen LogP contribution in [0.15, 0.2) is 30.3 Å². The summed E-state index contributed by atoms with van der Waals surface area (Å²) in [5.74, 6) is -1.17. The number of benzene rings is 1. The molecule has 0 aromatic heterocycles. The summed E-state index contributed by atoms with van der Waals surface area (Å²) < 4.78 is 5.27. The van der Waals surface area contributed by atoms with E-state index in [9.17, 15) is 14.4 Å². The number of hydroxylamine groups is 1. The summed E-state index contributed by atoms with van der Waals surface area (Å²) in [6.45, 7) is 5.32. The van der Waals surface area contributed by atoms with Gasteiger partial charge >= 0.3 is 6.09 Å². The standard InChI is InChI=1S/C19H28N4O5/c1-19(2,3)28-18(26)21-14(9-12-7-5-4-6-8-12)17(25)23-11-13(20)10-15(23)16(24)22-27/h4-8,13-15,27H,9-11,20H2,1-3H3,(H,21,26)(H,22,24)/t13-,14-,15-/m0/s1. The van der Waals surface area contributed by atoms with E-state index in [1.807, 2.05) is 30.3 Å². The van der Waals surface area contributed by atoms with Gasteiger partial charge in [-0.15, -0.1) is 0 Å². The molecule has 5 N–H and O–H groups in total. The summed E-state index contributed by atoms with van der Waals surface area (Å²) >= 11 is 0. The summed E-state index contributed by atoms with van der Waals surface area (Å²) in [5.41, 5.74) is 7.60. The lowest BCUT2D eigenvalue weighted by atomic mass is 10.0. The average molecular weight is 392 g/mol. The van der Waals surface area contributed by atoms with Gasteiger partial charge in [0.25, 0.3) is 5.91 Å². The number of nitrogens with zero attached hydrogens (tertiary/aromatic N) is 1. The Morgan fingerprint density at radius 1 is 1.29 bits per heavy atom. The van der Waals surface area contributed by atoms with Gasteiger partial charge in [-0.3, -0.25) is 14.8 Å². The van der Waals surface area contributed by atoms with Crippen LogP contribution in [0.25, 0.3) is 0 Å². The number of rotatable bonds is 5. The molecule has 154 valence electrons. The van der Waals surface area contributed by atoms with Crippen molar-refractivity contribution in [2.75, 3.05) is 6.54 Å². The molecule has 0 bridgehead atoms. The first-order chi connectivity index (χ1) is 13.1. The van der Waals surface area contributed by atoms with Crippen molar-refractivity contribution in [3.8, 4) is 0 Å². The zero-order valence-corrected chi connectivity index (χ0v) is 16.3. The number of hydrogen-bond acceptors (Lipinski definition) is 6. The summed E-state index contributed by atoms with van der Waals surface area (Å²) in [6, 6.07) is 6.95. The quantitative estimate of drug-likeness (QED) is 0.427. The van der Waals surface area contributed by atoms with Crippen LogP contribution in [0.5, 0.6) is 0 Å². The van der Waals surface area contributed by atoms with E-state index in [4.69, 9.17) is 15.7 Å². The van der Waals surface area contributed by atoms with Gasteiger partial charge in [0.15, 0.2) is 0 Å². The van der Waals surface area contributed by atoms with Gasteiger partial charge in [-0.25, -0.2) is 10.3 Å². The number of ether oxygens (including phenoxy) is 1. The maximum atomic E-state index is 13.2. The predicted octanol–water partition coefficient (Wildman–Crippen LogP) is 0.556. The Kier molecular flexibility index (Phi) is 6.98. The molecule has 1 aromatic rings. The lowest BCUT2D eigenvalue weighted by Gasteiger charge is -2.29. The normalized spacial score (nSPS) is 20.4. The second-order valence-electron chi connectivity index (χ2n) is 7.87. The summed E-state index contributed by atoms with van der Waals surface area (Å²) in [6.07, 6.45) is -0.283. The van der Waals surface area contributed by atoms with Crippen molar-refractivity contribution in [2.45, 2.75) is 57.3 Å². The van der Waals surface area contributed by atoms with Gasteiger partial charge in [0, 0.05) is 19.0 Å². The molecule has 1 heterocycles. The van der Waals surface area contributed by atoms with Crippen LogP contribution < -0.4 is 16.5 Å². The highest BCUT2D eigenvalue weighted by atomic mass is 16.6. The smallest absolute Gasteiger partial charge is 0.408 e. The van der Waals surface area contributed by atoms with Crippen molar-refractivity contribution >= 4 is 17.9 Å². The number of nitrogens with one attached hydrogen (secondary N) is 2. The number of amides is 3. The molecule has 1 aromatic carbocycles. The van der Waals surface area contributed by atoms with E-state index >= 15 is 0 Å². The molecule has 0 aliphatic carbocycles. The first-order valence-corrected chi connectivity index (χ1v) is 9.14.